The zero-order chi connectivity index (χ0) is 12.6. The molecule has 0 aliphatic carbocycles. The van der Waals surface area contributed by atoms with Crippen molar-refractivity contribution >= 4 is 21.4 Å². The summed E-state index contributed by atoms with van der Waals surface area (Å²) in [4.78, 5) is 0.267. The number of nitrogens with two attached hydrogens (primary N) is 1. The largest absolute Gasteiger partial charge is 0.399 e. The van der Waals surface area contributed by atoms with Gasteiger partial charge in [0.15, 0.2) is 0 Å². The highest BCUT2D eigenvalue weighted by Crippen LogP contribution is 2.29. The van der Waals surface area contributed by atoms with Gasteiger partial charge in [0.1, 0.15) is 4.90 Å². The van der Waals surface area contributed by atoms with Crippen molar-refractivity contribution in [2.75, 3.05) is 24.1 Å². The number of fused-ring (bicyclic) bond motifs is 1. The molecule has 0 bridgehead atoms. The van der Waals surface area contributed by atoms with Gasteiger partial charge in [0.05, 0.1) is 5.69 Å². The average molecular weight is 255 g/mol. The second-order valence-corrected chi connectivity index (χ2v) is 6.25. The van der Waals surface area contributed by atoms with Gasteiger partial charge in [-0.2, -0.15) is 4.31 Å². The van der Waals surface area contributed by atoms with Gasteiger partial charge in [0.25, 0.3) is 0 Å². The molecule has 6 heteroatoms. The average Bonchev–Trinajstić information content (AvgIpc) is 2.36. The van der Waals surface area contributed by atoms with Crippen LogP contribution in [0, 0.1) is 0 Å². The van der Waals surface area contributed by atoms with Crippen LogP contribution in [0.3, 0.4) is 0 Å². The summed E-state index contributed by atoms with van der Waals surface area (Å²) < 4.78 is 26.4. The Morgan fingerprint density at radius 1 is 1.41 bits per heavy atom. The van der Waals surface area contributed by atoms with E-state index >= 15 is 0 Å². The number of benzene rings is 1. The molecule has 2 rings (SSSR count). The summed E-state index contributed by atoms with van der Waals surface area (Å²) in [6, 6.07) is 4.87. The molecule has 0 spiro atoms. The number of nitrogens with one attached hydrogen (secondary N) is 1. The topological polar surface area (TPSA) is 75.4 Å². The minimum atomic E-state index is -3.45. The molecule has 1 heterocycles. The summed E-state index contributed by atoms with van der Waals surface area (Å²) in [7, 11) is -3.45. The third kappa shape index (κ3) is 2.10. The molecule has 0 saturated heterocycles. The number of anilines is 2. The second-order valence-electron chi connectivity index (χ2n) is 4.39. The maximum atomic E-state index is 12.4. The fourth-order valence-corrected chi connectivity index (χ4v) is 3.82. The van der Waals surface area contributed by atoms with Gasteiger partial charge in [-0.3, -0.25) is 0 Å². The summed E-state index contributed by atoms with van der Waals surface area (Å²) in [6.07, 6.45) is 0. The Labute approximate surface area is 102 Å². The lowest BCUT2D eigenvalue weighted by Crippen LogP contribution is -2.38. The molecule has 0 saturated carbocycles. The van der Waals surface area contributed by atoms with Crippen LogP contribution in [-0.2, 0) is 10.0 Å². The van der Waals surface area contributed by atoms with Gasteiger partial charge in [-0.05, 0) is 32.0 Å². The summed E-state index contributed by atoms with van der Waals surface area (Å²) in [5.74, 6) is 0. The number of rotatable bonds is 1. The monoisotopic (exact) mass is 255 g/mol. The second kappa shape index (κ2) is 4.19. The van der Waals surface area contributed by atoms with Gasteiger partial charge in [-0.15, -0.1) is 0 Å². The van der Waals surface area contributed by atoms with Crippen molar-refractivity contribution in [3.8, 4) is 0 Å². The van der Waals surface area contributed by atoms with E-state index in [1.807, 2.05) is 13.8 Å². The Morgan fingerprint density at radius 3 is 2.76 bits per heavy atom. The smallest absolute Gasteiger partial charge is 0.245 e. The van der Waals surface area contributed by atoms with Crippen molar-refractivity contribution in [1.29, 1.82) is 0 Å². The van der Waals surface area contributed by atoms with Gasteiger partial charge in [0, 0.05) is 24.8 Å². The van der Waals surface area contributed by atoms with Gasteiger partial charge in [0.2, 0.25) is 10.0 Å². The van der Waals surface area contributed by atoms with Gasteiger partial charge in [-0.25, -0.2) is 8.42 Å². The van der Waals surface area contributed by atoms with Crippen LogP contribution < -0.4 is 11.1 Å². The van der Waals surface area contributed by atoms with Crippen molar-refractivity contribution in [3.63, 3.8) is 0 Å². The fraction of sp³-hybridized carbons (Fsp3) is 0.455. The third-order valence-corrected chi connectivity index (χ3v) is 4.93. The first-order chi connectivity index (χ1) is 7.93. The van der Waals surface area contributed by atoms with Crippen LogP contribution in [0.25, 0.3) is 0 Å². The molecule has 0 unspecified atom stereocenters. The van der Waals surface area contributed by atoms with Crippen molar-refractivity contribution in [2.45, 2.75) is 24.8 Å². The zero-order valence-electron chi connectivity index (χ0n) is 9.97. The molecule has 94 valence electrons. The molecule has 0 fully saturated rings. The van der Waals surface area contributed by atoms with Gasteiger partial charge < -0.3 is 11.1 Å². The first kappa shape index (κ1) is 12.2. The Balaban J connectivity index is 2.60. The highest BCUT2D eigenvalue weighted by Gasteiger charge is 2.31. The Morgan fingerprint density at radius 2 is 2.12 bits per heavy atom. The van der Waals surface area contributed by atoms with Crippen LogP contribution >= 0.6 is 0 Å². The van der Waals surface area contributed by atoms with Crippen molar-refractivity contribution in [1.82, 2.24) is 4.31 Å². The number of hydrogen-bond donors (Lipinski definition) is 2. The van der Waals surface area contributed by atoms with Gasteiger partial charge in [-0.1, -0.05) is 0 Å². The standard InChI is InChI=1S/C11H17N3O2S/c1-8(2)14-6-5-13-10-4-3-9(12)7-11(10)17(14,15)16/h3-4,7-8,13H,5-6,12H2,1-2H3. The quantitative estimate of drug-likeness (QED) is 0.737. The fourth-order valence-electron chi connectivity index (χ4n) is 1.98. The van der Waals surface area contributed by atoms with E-state index in [9.17, 15) is 8.42 Å². The van der Waals surface area contributed by atoms with E-state index in [2.05, 4.69) is 5.32 Å². The summed E-state index contributed by atoms with van der Waals surface area (Å²) in [5, 5.41) is 3.12. The molecule has 17 heavy (non-hydrogen) atoms. The molecule has 1 aliphatic heterocycles. The zero-order valence-corrected chi connectivity index (χ0v) is 10.8. The number of hydrogen-bond acceptors (Lipinski definition) is 4. The van der Waals surface area contributed by atoms with E-state index in [1.165, 1.54) is 10.4 Å². The van der Waals surface area contributed by atoms with Crippen LogP contribution in [-0.4, -0.2) is 31.9 Å². The Bertz CT molecular complexity index is 526. The molecular formula is C11H17N3O2S. The van der Waals surface area contributed by atoms with Gasteiger partial charge >= 0.3 is 0 Å². The van der Waals surface area contributed by atoms with Crippen LogP contribution in [0.5, 0.6) is 0 Å². The van der Waals surface area contributed by atoms with E-state index in [4.69, 9.17) is 5.73 Å². The SMILES string of the molecule is CC(C)N1CCNc2ccc(N)cc2S1(=O)=O. The highest BCUT2D eigenvalue weighted by atomic mass is 32.2. The predicted molar refractivity (Wildman–Crippen MR) is 68.4 cm³/mol. The molecule has 1 aromatic rings. The molecule has 1 aliphatic rings. The lowest BCUT2D eigenvalue weighted by molar-refractivity contribution is 0.367. The minimum Gasteiger partial charge on any atom is -0.399 e. The lowest BCUT2D eigenvalue weighted by Gasteiger charge is -2.23. The molecule has 1 aromatic carbocycles. The molecule has 0 amide bonds. The van der Waals surface area contributed by atoms with Crippen molar-refractivity contribution in [3.05, 3.63) is 18.2 Å². The maximum absolute atomic E-state index is 12.4. The van der Waals surface area contributed by atoms with Crippen molar-refractivity contribution in [2.24, 2.45) is 0 Å². The third-order valence-electron chi connectivity index (χ3n) is 2.82. The van der Waals surface area contributed by atoms with Crippen LogP contribution in [0.1, 0.15) is 13.8 Å². The molecule has 0 aromatic heterocycles. The Hall–Kier alpha value is -1.27. The van der Waals surface area contributed by atoms with E-state index in [1.54, 1.807) is 12.1 Å². The maximum Gasteiger partial charge on any atom is 0.245 e. The van der Waals surface area contributed by atoms with Crippen LogP contribution in [0.4, 0.5) is 11.4 Å². The summed E-state index contributed by atoms with van der Waals surface area (Å²) in [5.41, 5.74) is 6.75. The normalized spacial score (nSPS) is 19.5. The first-order valence-electron chi connectivity index (χ1n) is 5.58. The lowest BCUT2D eigenvalue weighted by atomic mass is 10.3. The Kier molecular flexibility index (Phi) is 3.01. The summed E-state index contributed by atoms with van der Waals surface area (Å²) >= 11 is 0. The molecular weight excluding hydrogens is 238 g/mol. The number of nitrogen functional groups attached to an aromatic ring is 1. The van der Waals surface area contributed by atoms with Crippen molar-refractivity contribution < 1.29 is 8.42 Å². The van der Waals surface area contributed by atoms with E-state index < -0.39 is 10.0 Å². The van der Waals surface area contributed by atoms with Crippen LogP contribution in [0.2, 0.25) is 0 Å². The van der Waals surface area contributed by atoms with Crippen LogP contribution in [0.15, 0.2) is 23.1 Å². The molecule has 0 radical (unpaired) electrons. The highest BCUT2D eigenvalue weighted by molar-refractivity contribution is 7.89. The summed E-state index contributed by atoms with van der Waals surface area (Å²) in [6.45, 7) is 4.81. The molecule has 3 N–H and O–H groups in total. The first-order valence-corrected chi connectivity index (χ1v) is 7.02. The van der Waals surface area contributed by atoms with E-state index in [0.29, 0.717) is 24.5 Å². The number of sulfonamides is 1. The number of nitrogens with zero attached hydrogens (tertiary/aromatic N) is 1. The molecule has 0 atom stereocenters. The molecule has 5 nitrogen and oxygen atoms in total. The van der Waals surface area contributed by atoms with E-state index in [-0.39, 0.29) is 10.9 Å². The predicted octanol–water partition coefficient (Wildman–Crippen LogP) is 1.09. The van der Waals surface area contributed by atoms with E-state index in [0.717, 1.165) is 0 Å². The minimum absolute atomic E-state index is 0.0609.